The number of halogens is 2. The Kier molecular flexibility index (Phi) is 6.16. The summed E-state index contributed by atoms with van der Waals surface area (Å²) >= 11 is 11.8. The number of ether oxygens (including phenoxy) is 2. The van der Waals surface area contributed by atoms with E-state index in [0.29, 0.717) is 21.5 Å². The summed E-state index contributed by atoms with van der Waals surface area (Å²) in [6, 6.07) is 18.0. The summed E-state index contributed by atoms with van der Waals surface area (Å²) in [5, 5.41) is 5.36. The van der Waals surface area contributed by atoms with Crippen molar-refractivity contribution < 1.29 is 19.1 Å². The second-order valence-corrected chi connectivity index (χ2v) is 6.47. The normalized spacial score (nSPS) is 10.4. The van der Waals surface area contributed by atoms with Crippen molar-refractivity contribution in [1.82, 2.24) is 0 Å². The van der Waals surface area contributed by atoms with Crippen molar-refractivity contribution in [2.75, 3.05) is 18.5 Å². The zero-order valence-corrected chi connectivity index (χ0v) is 15.6. The molecule has 0 radical (unpaired) electrons. The van der Waals surface area contributed by atoms with E-state index in [-0.39, 0.29) is 6.61 Å². The Morgan fingerprint density at radius 2 is 1.67 bits per heavy atom. The highest BCUT2D eigenvalue weighted by Gasteiger charge is 2.11. The average Bonchev–Trinajstić information content (AvgIpc) is 2.67. The van der Waals surface area contributed by atoms with Crippen LogP contribution in [0.3, 0.4) is 0 Å². The standard InChI is InChI=1S/C20H15Cl2NO4/c21-15-6-8-17(22)18(10-15)23-19(24)11-27-20(25)12-26-16-7-5-13-3-1-2-4-14(13)9-16/h1-10H,11-12H2,(H,23,24). The van der Waals surface area contributed by atoms with E-state index >= 15 is 0 Å². The molecule has 1 N–H and O–H groups in total. The van der Waals surface area contributed by atoms with Crippen LogP contribution in [-0.2, 0) is 14.3 Å². The van der Waals surface area contributed by atoms with Gasteiger partial charge in [-0.3, -0.25) is 4.79 Å². The third-order valence-electron chi connectivity index (χ3n) is 3.64. The first-order chi connectivity index (χ1) is 13.0. The molecule has 0 aliphatic heterocycles. The van der Waals surface area contributed by atoms with E-state index in [1.165, 1.54) is 6.07 Å². The topological polar surface area (TPSA) is 64.6 Å². The number of carbonyl (C=O) groups excluding carboxylic acids is 2. The molecule has 0 saturated heterocycles. The number of hydrogen-bond acceptors (Lipinski definition) is 4. The third kappa shape index (κ3) is 5.36. The quantitative estimate of drug-likeness (QED) is 0.605. The van der Waals surface area contributed by atoms with Gasteiger partial charge >= 0.3 is 5.97 Å². The Morgan fingerprint density at radius 3 is 2.48 bits per heavy atom. The first-order valence-corrected chi connectivity index (χ1v) is 8.79. The average molecular weight is 404 g/mol. The molecule has 3 aromatic carbocycles. The highest BCUT2D eigenvalue weighted by atomic mass is 35.5. The zero-order chi connectivity index (χ0) is 19.2. The van der Waals surface area contributed by atoms with Crippen LogP contribution in [0.1, 0.15) is 0 Å². The lowest BCUT2D eigenvalue weighted by Crippen LogP contribution is -2.23. The van der Waals surface area contributed by atoms with E-state index in [1.54, 1.807) is 18.2 Å². The van der Waals surface area contributed by atoms with Crippen molar-refractivity contribution in [3.63, 3.8) is 0 Å². The number of benzene rings is 3. The van der Waals surface area contributed by atoms with Gasteiger partial charge in [0.25, 0.3) is 5.91 Å². The Morgan fingerprint density at radius 1 is 0.889 bits per heavy atom. The van der Waals surface area contributed by atoms with Crippen LogP contribution in [0, 0.1) is 0 Å². The minimum absolute atomic E-state index is 0.302. The van der Waals surface area contributed by atoms with Crippen LogP contribution in [0.4, 0.5) is 5.69 Å². The van der Waals surface area contributed by atoms with E-state index < -0.39 is 18.5 Å². The fourth-order valence-corrected chi connectivity index (χ4v) is 2.70. The maximum absolute atomic E-state index is 11.9. The lowest BCUT2D eigenvalue weighted by atomic mass is 10.1. The predicted molar refractivity (Wildman–Crippen MR) is 105 cm³/mol. The van der Waals surface area contributed by atoms with Crippen molar-refractivity contribution in [2.45, 2.75) is 0 Å². The summed E-state index contributed by atoms with van der Waals surface area (Å²) in [4.78, 5) is 23.7. The van der Waals surface area contributed by atoms with Gasteiger partial charge < -0.3 is 14.8 Å². The minimum atomic E-state index is -0.657. The predicted octanol–water partition coefficient (Wildman–Crippen LogP) is 4.71. The molecule has 0 heterocycles. The summed E-state index contributed by atoms with van der Waals surface area (Å²) in [5.41, 5.74) is 0.345. The Labute approximate surface area is 165 Å². The molecule has 0 aliphatic rings. The number of carbonyl (C=O) groups is 2. The molecular formula is C20H15Cl2NO4. The molecule has 0 saturated carbocycles. The first kappa shape index (κ1) is 19.0. The van der Waals surface area contributed by atoms with Gasteiger partial charge in [-0.05, 0) is 41.1 Å². The van der Waals surface area contributed by atoms with Gasteiger partial charge in [0.2, 0.25) is 0 Å². The molecule has 0 spiro atoms. The molecule has 3 rings (SSSR count). The lowest BCUT2D eigenvalue weighted by Gasteiger charge is -2.09. The number of hydrogen-bond donors (Lipinski definition) is 1. The molecular weight excluding hydrogens is 389 g/mol. The highest BCUT2D eigenvalue weighted by molar-refractivity contribution is 6.35. The maximum Gasteiger partial charge on any atom is 0.344 e. The number of anilines is 1. The molecule has 0 aromatic heterocycles. The molecule has 0 atom stereocenters. The number of fused-ring (bicyclic) bond motifs is 1. The molecule has 0 aliphatic carbocycles. The fraction of sp³-hybridized carbons (Fsp3) is 0.100. The number of esters is 1. The van der Waals surface area contributed by atoms with Crippen LogP contribution in [0.25, 0.3) is 10.8 Å². The Hall–Kier alpha value is -2.76. The van der Waals surface area contributed by atoms with E-state index in [4.69, 9.17) is 32.7 Å². The number of amides is 1. The smallest absolute Gasteiger partial charge is 0.344 e. The second-order valence-electron chi connectivity index (χ2n) is 5.63. The molecule has 3 aromatic rings. The zero-order valence-electron chi connectivity index (χ0n) is 14.1. The minimum Gasteiger partial charge on any atom is -0.482 e. The fourth-order valence-electron chi connectivity index (χ4n) is 2.37. The molecule has 1 amide bonds. The summed E-state index contributed by atoms with van der Waals surface area (Å²) in [6.45, 7) is -0.758. The number of rotatable bonds is 6. The summed E-state index contributed by atoms with van der Waals surface area (Å²) in [5.74, 6) is -0.644. The largest absolute Gasteiger partial charge is 0.482 e. The third-order valence-corrected chi connectivity index (χ3v) is 4.21. The number of nitrogens with one attached hydrogen (secondary N) is 1. The molecule has 0 bridgehead atoms. The summed E-state index contributed by atoms with van der Waals surface area (Å²) in [6.07, 6.45) is 0. The summed E-state index contributed by atoms with van der Waals surface area (Å²) in [7, 11) is 0. The van der Waals surface area contributed by atoms with Crippen molar-refractivity contribution in [3.05, 3.63) is 70.7 Å². The van der Waals surface area contributed by atoms with Crippen LogP contribution in [-0.4, -0.2) is 25.1 Å². The molecule has 7 heteroatoms. The van der Waals surface area contributed by atoms with Crippen LogP contribution in [0.15, 0.2) is 60.7 Å². The molecule has 0 unspecified atom stereocenters. The first-order valence-electron chi connectivity index (χ1n) is 8.03. The van der Waals surface area contributed by atoms with Gasteiger partial charge in [0.05, 0.1) is 10.7 Å². The molecule has 0 fully saturated rings. The highest BCUT2D eigenvalue weighted by Crippen LogP contribution is 2.25. The van der Waals surface area contributed by atoms with Gasteiger partial charge in [0, 0.05) is 5.02 Å². The van der Waals surface area contributed by atoms with Crippen molar-refractivity contribution in [2.24, 2.45) is 0 Å². The van der Waals surface area contributed by atoms with Gasteiger partial charge in [-0.1, -0.05) is 53.5 Å². The van der Waals surface area contributed by atoms with Gasteiger partial charge in [0.1, 0.15) is 5.75 Å². The van der Waals surface area contributed by atoms with E-state index in [9.17, 15) is 9.59 Å². The molecule has 27 heavy (non-hydrogen) atoms. The van der Waals surface area contributed by atoms with Gasteiger partial charge in [0.15, 0.2) is 13.2 Å². The molecule has 138 valence electrons. The van der Waals surface area contributed by atoms with E-state index in [2.05, 4.69) is 5.32 Å². The van der Waals surface area contributed by atoms with E-state index in [0.717, 1.165) is 10.8 Å². The van der Waals surface area contributed by atoms with Crippen LogP contribution in [0.2, 0.25) is 10.0 Å². The summed E-state index contributed by atoms with van der Waals surface area (Å²) < 4.78 is 10.3. The van der Waals surface area contributed by atoms with Crippen LogP contribution < -0.4 is 10.1 Å². The van der Waals surface area contributed by atoms with Crippen molar-refractivity contribution in [3.8, 4) is 5.75 Å². The van der Waals surface area contributed by atoms with Crippen LogP contribution >= 0.6 is 23.2 Å². The lowest BCUT2D eigenvalue weighted by molar-refractivity contribution is -0.149. The maximum atomic E-state index is 11.9. The second kappa shape index (κ2) is 8.75. The SMILES string of the molecule is O=C(COC(=O)COc1ccc2ccccc2c1)Nc1cc(Cl)ccc1Cl. The van der Waals surface area contributed by atoms with Gasteiger partial charge in [-0.25, -0.2) is 4.79 Å². The monoisotopic (exact) mass is 403 g/mol. The van der Waals surface area contributed by atoms with Crippen molar-refractivity contribution in [1.29, 1.82) is 0 Å². The Balaban J connectivity index is 1.47. The van der Waals surface area contributed by atoms with Gasteiger partial charge in [-0.15, -0.1) is 0 Å². The van der Waals surface area contributed by atoms with Crippen molar-refractivity contribution >= 4 is 51.5 Å². The Bertz CT molecular complexity index is 991. The molecule has 5 nitrogen and oxygen atoms in total. The van der Waals surface area contributed by atoms with Gasteiger partial charge in [-0.2, -0.15) is 0 Å². The van der Waals surface area contributed by atoms with Crippen LogP contribution in [0.5, 0.6) is 5.75 Å². The van der Waals surface area contributed by atoms with E-state index in [1.807, 2.05) is 36.4 Å².